The zero-order valence-corrected chi connectivity index (χ0v) is 7.07. The molecule has 0 atom stereocenters. The summed E-state index contributed by atoms with van der Waals surface area (Å²) in [6, 6.07) is 3.83. The number of hydrogen-bond donors (Lipinski definition) is 0. The van der Waals surface area contributed by atoms with Crippen LogP contribution < -0.4 is 0 Å². The topological polar surface area (TPSA) is 38.7 Å². The van der Waals surface area contributed by atoms with Crippen LogP contribution >= 0.6 is 0 Å². The molecule has 2 heterocycles. The van der Waals surface area contributed by atoms with E-state index in [0.29, 0.717) is 0 Å². The van der Waals surface area contributed by atoms with Gasteiger partial charge in [0, 0.05) is 6.20 Å². The van der Waals surface area contributed by atoms with Crippen LogP contribution in [0.5, 0.6) is 0 Å². The van der Waals surface area contributed by atoms with Crippen LogP contribution in [0.3, 0.4) is 0 Å². The minimum Gasteiger partial charge on any atom is -0.253 e. The van der Waals surface area contributed by atoms with Crippen molar-refractivity contribution in [1.29, 1.82) is 0 Å². The highest BCUT2D eigenvalue weighted by Gasteiger charge is 2.00. The van der Waals surface area contributed by atoms with Crippen molar-refractivity contribution < 1.29 is 0 Å². The van der Waals surface area contributed by atoms with E-state index in [1.54, 1.807) is 6.20 Å². The van der Waals surface area contributed by atoms with Crippen LogP contribution in [0.4, 0.5) is 0 Å². The quantitative estimate of drug-likeness (QED) is 0.586. The zero-order chi connectivity index (χ0) is 8.55. The Bertz CT molecular complexity index is 423. The number of aryl methyl sites for hydroxylation is 2. The van der Waals surface area contributed by atoms with E-state index in [2.05, 4.69) is 15.0 Å². The Kier molecular flexibility index (Phi) is 1.50. The fourth-order valence-electron chi connectivity index (χ4n) is 1.26. The van der Waals surface area contributed by atoms with Gasteiger partial charge in [0.2, 0.25) is 0 Å². The fourth-order valence-corrected chi connectivity index (χ4v) is 1.26. The minimum absolute atomic E-state index is 0.799. The summed E-state index contributed by atoms with van der Waals surface area (Å²) in [5, 5.41) is 0. The number of hydrogen-bond acceptors (Lipinski definition) is 3. The third kappa shape index (κ3) is 1.03. The van der Waals surface area contributed by atoms with Gasteiger partial charge >= 0.3 is 0 Å². The molecule has 0 saturated carbocycles. The molecule has 3 heteroatoms. The molecule has 2 aromatic heterocycles. The summed E-state index contributed by atoms with van der Waals surface area (Å²) in [4.78, 5) is 12.7. The molecular weight excluding hydrogens is 150 g/mol. The molecule has 12 heavy (non-hydrogen) atoms. The summed E-state index contributed by atoms with van der Waals surface area (Å²) in [6.45, 7) is 3.84. The van der Waals surface area contributed by atoms with E-state index >= 15 is 0 Å². The maximum Gasteiger partial charge on any atom is 0.126 e. The van der Waals surface area contributed by atoms with Crippen LogP contribution in [-0.4, -0.2) is 15.0 Å². The maximum atomic E-state index is 4.26. The monoisotopic (exact) mass is 159 g/mol. The lowest BCUT2D eigenvalue weighted by Crippen LogP contribution is -1.94. The normalized spacial score (nSPS) is 10.5. The molecule has 0 fully saturated rings. The van der Waals surface area contributed by atoms with Crippen LogP contribution in [0.25, 0.3) is 11.0 Å². The number of nitrogens with zero attached hydrogens (tertiary/aromatic N) is 3. The lowest BCUT2D eigenvalue weighted by Gasteiger charge is -1.99. The summed E-state index contributed by atoms with van der Waals surface area (Å²) in [5.74, 6) is 0.799. The molecule has 2 rings (SSSR count). The summed E-state index contributed by atoms with van der Waals surface area (Å²) in [7, 11) is 0. The first kappa shape index (κ1) is 7.16. The van der Waals surface area contributed by atoms with E-state index in [9.17, 15) is 0 Å². The highest BCUT2D eigenvalue weighted by molar-refractivity contribution is 5.75. The molecule has 2 aromatic rings. The van der Waals surface area contributed by atoms with Gasteiger partial charge < -0.3 is 0 Å². The van der Waals surface area contributed by atoms with Crippen LogP contribution in [0, 0.1) is 13.8 Å². The zero-order valence-electron chi connectivity index (χ0n) is 7.07. The molecule has 60 valence electrons. The van der Waals surface area contributed by atoms with Crippen LogP contribution in [-0.2, 0) is 0 Å². The SMILES string of the molecule is Cc1nc(C)c2ncccc2n1. The Morgan fingerprint density at radius 2 is 2.00 bits per heavy atom. The third-order valence-corrected chi connectivity index (χ3v) is 1.74. The van der Waals surface area contributed by atoms with Gasteiger partial charge in [0.1, 0.15) is 11.3 Å². The molecule has 0 aromatic carbocycles. The first-order valence-corrected chi connectivity index (χ1v) is 3.83. The van der Waals surface area contributed by atoms with Gasteiger partial charge in [-0.1, -0.05) is 0 Å². The van der Waals surface area contributed by atoms with Gasteiger partial charge in [-0.25, -0.2) is 9.97 Å². The van der Waals surface area contributed by atoms with Gasteiger partial charge in [-0.2, -0.15) is 0 Å². The highest BCUT2D eigenvalue weighted by Crippen LogP contribution is 2.10. The Morgan fingerprint density at radius 3 is 2.83 bits per heavy atom. The standard InChI is InChI=1S/C9H9N3/c1-6-9-8(4-3-5-10-9)12-7(2)11-6/h3-5H,1-2H3. The average molecular weight is 159 g/mol. The largest absolute Gasteiger partial charge is 0.253 e. The van der Waals surface area contributed by atoms with Gasteiger partial charge in [-0.15, -0.1) is 0 Å². The van der Waals surface area contributed by atoms with Gasteiger partial charge in [0.05, 0.1) is 11.2 Å². The average Bonchev–Trinajstić information content (AvgIpc) is 2.04. The molecular formula is C9H9N3. The lowest BCUT2D eigenvalue weighted by molar-refractivity contribution is 1.04. The summed E-state index contributed by atoms with van der Waals surface area (Å²) >= 11 is 0. The lowest BCUT2D eigenvalue weighted by atomic mass is 10.3. The number of fused-ring (bicyclic) bond motifs is 1. The smallest absolute Gasteiger partial charge is 0.126 e. The summed E-state index contributed by atoms with van der Waals surface area (Å²) in [5.41, 5.74) is 2.75. The first-order chi connectivity index (χ1) is 5.77. The Morgan fingerprint density at radius 1 is 1.17 bits per heavy atom. The van der Waals surface area contributed by atoms with Crippen molar-refractivity contribution in [3.63, 3.8) is 0 Å². The predicted molar refractivity (Wildman–Crippen MR) is 46.8 cm³/mol. The molecule has 0 aliphatic carbocycles. The molecule has 0 spiro atoms. The molecule has 0 bridgehead atoms. The van der Waals surface area contributed by atoms with Crippen molar-refractivity contribution in [1.82, 2.24) is 15.0 Å². The maximum absolute atomic E-state index is 4.26. The number of rotatable bonds is 0. The van der Waals surface area contributed by atoms with Crippen LogP contribution in [0.1, 0.15) is 11.5 Å². The van der Waals surface area contributed by atoms with E-state index in [-0.39, 0.29) is 0 Å². The van der Waals surface area contributed by atoms with Crippen molar-refractivity contribution in [2.75, 3.05) is 0 Å². The second kappa shape index (κ2) is 2.52. The van der Waals surface area contributed by atoms with Crippen molar-refractivity contribution in [2.24, 2.45) is 0 Å². The summed E-state index contributed by atoms with van der Waals surface area (Å²) < 4.78 is 0. The second-order valence-corrected chi connectivity index (χ2v) is 2.73. The Labute approximate surface area is 70.5 Å². The molecule has 0 radical (unpaired) electrons. The van der Waals surface area contributed by atoms with Gasteiger partial charge in [-0.05, 0) is 26.0 Å². The Balaban J connectivity index is 2.89. The second-order valence-electron chi connectivity index (χ2n) is 2.73. The minimum atomic E-state index is 0.799. The van der Waals surface area contributed by atoms with E-state index < -0.39 is 0 Å². The van der Waals surface area contributed by atoms with Gasteiger partial charge in [0.15, 0.2) is 0 Å². The predicted octanol–water partition coefficient (Wildman–Crippen LogP) is 1.64. The van der Waals surface area contributed by atoms with Crippen molar-refractivity contribution in [3.05, 3.63) is 29.8 Å². The van der Waals surface area contributed by atoms with Crippen LogP contribution in [0.15, 0.2) is 18.3 Å². The van der Waals surface area contributed by atoms with E-state index in [0.717, 1.165) is 22.6 Å². The third-order valence-electron chi connectivity index (χ3n) is 1.74. The fraction of sp³-hybridized carbons (Fsp3) is 0.222. The first-order valence-electron chi connectivity index (χ1n) is 3.83. The van der Waals surface area contributed by atoms with Crippen LogP contribution in [0.2, 0.25) is 0 Å². The van der Waals surface area contributed by atoms with Crippen molar-refractivity contribution in [3.8, 4) is 0 Å². The molecule has 3 nitrogen and oxygen atoms in total. The van der Waals surface area contributed by atoms with Gasteiger partial charge in [0.25, 0.3) is 0 Å². The van der Waals surface area contributed by atoms with Crippen molar-refractivity contribution >= 4 is 11.0 Å². The Hall–Kier alpha value is -1.51. The number of pyridine rings is 1. The molecule has 0 N–H and O–H groups in total. The molecule has 0 saturated heterocycles. The molecule has 0 amide bonds. The van der Waals surface area contributed by atoms with E-state index in [4.69, 9.17) is 0 Å². The van der Waals surface area contributed by atoms with Gasteiger partial charge in [-0.3, -0.25) is 4.98 Å². The molecule has 0 aliphatic heterocycles. The van der Waals surface area contributed by atoms with Crippen molar-refractivity contribution in [2.45, 2.75) is 13.8 Å². The van der Waals surface area contributed by atoms with E-state index in [1.165, 1.54) is 0 Å². The highest BCUT2D eigenvalue weighted by atomic mass is 14.9. The number of aromatic nitrogens is 3. The summed E-state index contributed by atoms with van der Waals surface area (Å²) in [6.07, 6.45) is 1.76. The molecule has 0 unspecified atom stereocenters. The molecule has 0 aliphatic rings. The van der Waals surface area contributed by atoms with E-state index in [1.807, 2.05) is 26.0 Å².